The van der Waals surface area contributed by atoms with Crippen LogP contribution in [0.2, 0.25) is 0 Å². The molecular formula is C9H11N3. The highest BCUT2D eigenvalue weighted by molar-refractivity contribution is 5.80. The van der Waals surface area contributed by atoms with Crippen molar-refractivity contribution in [3.8, 4) is 0 Å². The van der Waals surface area contributed by atoms with Gasteiger partial charge in [0.15, 0.2) is 5.65 Å². The summed E-state index contributed by atoms with van der Waals surface area (Å²) >= 11 is 0. The van der Waals surface area contributed by atoms with Gasteiger partial charge in [-0.05, 0) is 31.5 Å². The Morgan fingerprint density at radius 1 is 1.42 bits per heavy atom. The van der Waals surface area contributed by atoms with Gasteiger partial charge in [-0.25, -0.2) is 4.98 Å². The van der Waals surface area contributed by atoms with E-state index in [-0.39, 0.29) is 0 Å². The van der Waals surface area contributed by atoms with E-state index in [2.05, 4.69) is 18.0 Å². The second kappa shape index (κ2) is 2.24. The molecule has 0 radical (unpaired) electrons. The Balaban J connectivity index is 2.92. The van der Waals surface area contributed by atoms with Crippen LogP contribution in [0, 0.1) is 13.8 Å². The fourth-order valence-corrected chi connectivity index (χ4v) is 1.46. The van der Waals surface area contributed by atoms with E-state index in [4.69, 9.17) is 5.84 Å². The van der Waals surface area contributed by atoms with E-state index < -0.39 is 0 Å². The smallest absolute Gasteiger partial charge is 0.158 e. The normalized spacial score (nSPS) is 10.8. The standard InChI is InChI=1S/C9H11N3/c1-6-5-7(2)11-9-8(6)3-4-12(9)10/h3-5H,10H2,1-2H3. The Morgan fingerprint density at radius 2 is 2.17 bits per heavy atom. The molecule has 0 fully saturated rings. The van der Waals surface area contributed by atoms with E-state index in [9.17, 15) is 0 Å². The Morgan fingerprint density at radius 3 is 2.92 bits per heavy atom. The maximum absolute atomic E-state index is 5.67. The van der Waals surface area contributed by atoms with Crippen molar-refractivity contribution in [3.05, 3.63) is 29.6 Å². The van der Waals surface area contributed by atoms with Gasteiger partial charge in [0.25, 0.3) is 0 Å². The van der Waals surface area contributed by atoms with Gasteiger partial charge in [-0.2, -0.15) is 0 Å². The minimum absolute atomic E-state index is 0.854. The monoisotopic (exact) mass is 161 g/mol. The molecule has 3 heteroatoms. The van der Waals surface area contributed by atoms with Crippen LogP contribution < -0.4 is 5.84 Å². The fourth-order valence-electron chi connectivity index (χ4n) is 1.46. The van der Waals surface area contributed by atoms with Crippen molar-refractivity contribution in [1.29, 1.82) is 0 Å². The number of nitrogens with zero attached hydrogens (tertiary/aromatic N) is 2. The predicted molar refractivity (Wildman–Crippen MR) is 49.4 cm³/mol. The summed E-state index contributed by atoms with van der Waals surface area (Å²) in [5, 5.41) is 1.13. The molecule has 3 nitrogen and oxygen atoms in total. The van der Waals surface area contributed by atoms with E-state index in [0.717, 1.165) is 16.7 Å². The lowest BCUT2D eigenvalue weighted by Crippen LogP contribution is -2.06. The lowest BCUT2D eigenvalue weighted by Gasteiger charge is -1.99. The highest BCUT2D eigenvalue weighted by atomic mass is 15.3. The molecule has 0 saturated carbocycles. The first-order chi connectivity index (χ1) is 5.68. The van der Waals surface area contributed by atoms with Crippen molar-refractivity contribution in [3.63, 3.8) is 0 Å². The summed E-state index contributed by atoms with van der Waals surface area (Å²) in [5.74, 6) is 5.67. The third-order valence-electron chi connectivity index (χ3n) is 2.02. The molecule has 2 rings (SSSR count). The maximum atomic E-state index is 5.67. The number of nitrogen functional groups attached to an aromatic ring is 1. The molecule has 2 heterocycles. The van der Waals surface area contributed by atoms with Gasteiger partial charge in [0.1, 0.15) is 0 Å². The zero-order valence-corrected chi connectivity index (χ0v) is 7.20. The van der Waals surface area contributed by atoms with Crippen molar-refractivity contribution in [2.24, 2.45) is 0 Å². The van der Waals surface area contributed by atoms with Gasteiger partial charge in [0, 0.05) is 17.3 Å². The van der Waals surface area contributed by atoms with Crippen LogP contribution in [0.4, 0.5) is 0 Å². The molecule has 12 heavy (non-hydrogen) atoms. The Hall–Kier alpha value is -1.51. The van der Waals surface area contributed by atoms with Crippen LogP contribution >= 0.6 is 0 Å². The molecule has 62 valence electrons. The van der Waals surface area contributed by atoms with Crippen molar-refractivity contribution in [2.75, 3.05) is 5.84 Å². The van der Waals surface area contributed by atoms with Gasteiger partial charge in [-0.3, -0.25) is 4.68 Å². The zero-order chi connectivity index (χ0) is 8.72. The Kier molecular flexibility index (Phi) is 1.33. The summed E-state index contributed by atoms with van der Waals surface area (Å²) in [6, 6.07) is 4.04. The summed E-state index contributed by atoms with van der Waals surface area (Å²) in [7, 11) is 0. The van der Waals surface area contributed by atoms with Crippen LogP contribution in [-0.2, 0) is 0 Å². The first-order valence-corrected chi connectivity index (χ1v) is 3.89. The molecule has 2 aromatic rings. The Labute approximate surface area is 70.8 Å². The second-order valence-corrected chi connectivity index (χ2v) is 3.04. The lowest BCUT2D eigenvalue weighted by molar-refractivity contribution is 1.02. The van der Waals surface area contributed by atoms with Gasteiger partial charge < -0.3 is 5.84 Å². The van der Waals surface area contributed by atoms with Crippen LogP contribution in [0.1, 0.15) is 11.3 Å². The molecule has 2 aromatic heterocycles. The van der Waals surface area contributed by atoms with E-state index in [1.54, 1.807) is 4.68 Å². The van der Waals surface area contributed by atoms with Crippen molar-refractivity contribution < 1.29 is 0 Å². The molecule has 0 aliphatic rings. The highest BCUT2D eigenvalue weighted by Gasteiger charge is 2.02. The van der Waals surface area contributed by atoms with Gasteiger partial charge in [-0.1, -0.05) is 0 Å². The zero-order valence-electron chi connectivity index (χ0n) is 7.20. The molecule has 0 aromatic carbocycles. The third kappa shape index (κ3) is 0.863. The number of pyridine rings is 1. The van der Waals surface area contributed by atoms with E-state index in [1.807, 2.05) is 19.2 Å². The average Bonchev–Trinajstić information content (AvgIpc) is 2.33. The van der Waals surface area contributed by atoms with Gasteiger partial charge in [0.2, 0.25) is 0 Å². The second-order valence-electron chi connectivity index (χ2n) is 3.04. The molecule has 0 atom stereocenters. The van der Waals surface area contributed by atoms with Crippen LogP contribution in [-0.4, -0.2) is 9.66 Å². The molecule has 0 bridgehead atoms. The topological polar surface area (TPSA) is 43.8 Å². The molecule has 0 aliphatic carbocycles. The molecule has 0 unspecified atom stereocenters. The molecule has 0 spiro atoms. The first-order valence-electron chi connectivity index (χ1n) is 3.89. The largest absolute Gasteiger partial charge is 0.338 e. The molecule has 0 amide bonds. The van der Waals surface area contributed by atoms with Gasteiger partial charge in [0.05, 0.1) is 0 Å². The van der Waals surface area contributed by atoms with Gasteiger partial charge in [-0.15, -0.1) is 0 Å². The summed E-state index contributed by atoms with van der Waals surface area (Å²) in [6.07, 6.45) is 1.82. The molecule has 0 saturated heterocycles. The minimum atomic E-state index is 0.854. The predicted octanol–water partition coefficient (Wildman–Crippen LogP) is 1.37. The van der Waals surface area contributed by atoms with E-state index >= 15 is 0 Å². The number of fused-ring (bicyclic) bond motifs is 1. The van der Waals surface area contributed by atoms with Crippen molar-refractivity contribution in [1.82, 2.24) is 9.66 Å². The maximum Gasteiger partial charge on any atom is 0.158 e. The third-order valence-corrected chi connectivity index (χ3v) is 2.02. The summed E-state index contributed by atoms with van der Waals surface area (Å²) in [6.45, 7) is 4.04. The number of nitrogens with two attached hydrogens (primary N) is 1. The minimum Gasteiger partial charge on any atom is -0.338 e. The van der Waals surface area contributed by atoms with Crippen molar-refractivity contribution in [2.45, 2.75) is 13.8 Å². The number of aryl methyl sites for hydroxylation is 2. The quantitative estimate of drug-likeness (QED) is 0.593. The molecular weight excluding hydrogens is 150 g/mol. The fraction of sp³-hybridized carbons (Fsp3) is 0.222. The van der Waals surface area contributed by atoms with Crippen molar-refractivity contribution >= 4 is 11.0 Å². The van der Waals surface area contributed by atoms with Crippen LogP contribution in [0.25, 0.3) is 11.0 Å². The number of hydrogen-bond donors (Lipinski definition) is 1. The van der Waals surface area contributed by atoms with Crippen LogP contribution in [0.5, 0.6) is 0 Å². The summed E-state index contributed by atoms with van der Waals surface area (Å²) in [5.41, 5.74) is 3.08. The first kappa shape index (κ1) is 7.16. The summed E-state index contributed by atoms with van der Waals surface area (Å²) in [4.78, 5) is 4.33. The van der Waals surface area contributed by atoms with E-state index in [0.29, 0.717) is 0 Å². The number of rotatable bonds is 0. The van der Waals surface area contributed by atoms with E-state index in [1.165, 1.54) is 5.56 Å². The van der Waals surface area contributed by atoms with Gasteiger partial charge >= 0.3 is 0 Å². The molecule has 2 N–H and O–H groups in total. The van der Waals surface area contributed by atoms with Crippen LogP contribution in [0.15, 0.2) is 18.3 Å². The van der Waals surface area contributed by atoms with Crippen LogP contribution in [0.3, 0.4) is 0 Å². The molecule has 0 aliphatic heterocycles. The Bertz CT molecular complexity index is 429. The summed E-state index contributed by atoms with van der Waals surface area (Å²) < 4.78 is 1.55. The highest BCUT2D eigenvalue weighted by Crippen LogP contribution is 2.16. The number of aromatic nitrogens is 2. The number of hydrogen-bond acceptors (Lipinski definition) is 2. The lowest BCUT2D eigenvalue weighted by atomic mass is 10.2. The average molecular weight is 161 g/mol. The SMILES string of the molecule is Cc1cc(C)c2ccn(N)c2n1.